The van der Waals surface area contributed by atoms with Gasteiger partial charge in [-0.3, -0.25) is 0 Å². The molecule has 5 nitrogen and oxygen atoms in total. The first-order valence-electron chi connectivity index (χ1n) is 5.38. The molecule has 1 aromatic rings. The van der Waals surface area contributed by atoms with Crippen LogP contribution in [0.4, 0.5) is 5.95 Å². The minimum absolute atomic E-state index is 0.147. The maximum Gasteiger partial charge on any atom is 0.498 e. The fourth-order valence-corrected chi connectivity index (χ4v) is 2.28. The van der Waals surface area contributed by atoms with Gasteiger partial charge in [0, 0.05) is 23.8 Å². The van der Waals surface area contributed by atoms with Gasteiger partial charge in [0.1, 0.15) is 0 Å². The summed E-state index contributed by atoms with van der Waals surface area (Å²) in [5, 5.41) is 0. The molecule has 0 amide bonds. The van der Waals surface area contributed by atoms with Gasteiger partial charge in [0.15, 0.2) is 0 Å². The van der Waals surface area contributed by atoms with Crippen LogP contribution >= 0.6 is 0 Å². The molecule has 2 aliphatic rings. The van der Waals surface area contributed by atoms with Crippen LogP contribution in [-0.2, 0) is 9.31 Å². The fourth-order valence-electron chi connectivity index (χ4n) is 2.28. The molecule has 1 saturated carbocycles. The lowest BCUT2D eigenvalue weighted by molar-refractivity contribution is 0.187. The third kappa shape index (κ3) is 1.20. The zero-order chi connectivity index (χ0) is 11.6. The highest BCUT2D eigenvalue weighted by Crippen LogP contribution is 2.58. The third-order valence-electron chi connectivity index (χ3n) is 3.69. The minimum Gasteiger partial charge on any atom is -0.399 e. The number of aryl methyl sites for hydroxylation is 1. The highest BCUT2D eigenvalue weighted by Gasteiger charge is 2.71. The normalized spacial score (nSPS) is 36.3. The summed E-state index contributed by atoms with van der Waals surface area (Å²) in [6, 6.07) is 0. The van der Waals surface area contributed by atoms with Crippen molar-refractivity contribution < 1.29 is 9.31 Å². The van der Waals surface area contributed by atoms with Crippen LogP contribution in [0.5, 0.6) is 0 Å². The average Bonchev–Trinajstić information content (AvgIpc) is 2.56. The van der Waals surface area contributed by atoms with Gasteiger partial charge in [0.2, 0.25) is 5.95 Å². The second-order valence-electron chi connectivity index (χ2n) is 4.98. The first-order chi connectivity index (χ1) is 7.44. The number of rotatable bonds is 1. The number of anilines is 1. The molecule has 1 aliphatic heterocycles. The van der Waals surface area contributed by atoms with Crippen molar-refractivity contribution in [1.29, 1.82) is 0 Å². The van der Waals surface area contributed by atoms with Crippen LogP contribution < -0.4 is 11.2 Å². The van der Waals surface area contributed by atoms with Gasteiger partial charge in [-0.2, -0.15) is 0 Å². The summed E-state index contributed by atoms with van der Waals surface area (Å²) in [5.41, 5.74) is 6.89. The monoisotopic (exact) mass is 219 g/mol. The van der Waals surface area contributed by atoms with E-state index in [0.717, 1.165) is 17.6 Å². The van der Waals surface area contributed by atoms with Crippen molar-refractivity contribution in [2.24, 2.45) is 0 Å². The van der Waals surface area contributed by atoms with Crippen molar-refractivity contribution in [3.63, 3.8) is 0 Å². The van der Waals surface area contributed by atoms with E-state index in [1.54, 1.807) is 6.20 Å². The second-order valence-corrected chi connectivity index (χ2v) is 4.98. The lowest BCUT2D eigenvalue weighted by Crippen LogP contribution is -2.38. The molecule has 2 N–H and O–H groups in total. The molecule has 2 unspecified atom stereocenters. The Morgan fingerprint density at radius 3 is 2.56 bits per heavy atom. The number of nitrogens with zero attached hydrogens (tertiary/aromatic N) is 2. The van der Waals surface area contributed by atoms with Crippen LogP contribution in [0.25, 0.3) is 0 Å². The average molecular weight is 219 g/mol. The van der Waals surface area contributed by atoms with Gasteiger partial charge < -0.3 is 15.0 Å². The quantitative estimate of drug-likeness (QED) is 0.674. The Kier molecular flexibility index (Phi) is 1.73. The molecule has 2 fully saturated rings. The number of hydrogen-bond donors (Lipinski definition) is 1. The fraction of sp³-hybridized carbons (Fsp3) is 0.600. The molecule has 2 heterocycles. The standard InChI is InChI=1S/C10H14BN3O2/c1-6-7(4-13-8(12)14-6)11-15-9(2)5-10(9,3)16-11/h4H,5H2,1-3H3,(H2,12,13,14). The highest BCUT2D eigenvalue weighted by molar-refractivity contribution is 6.62. The summed E-state index contributed by atoms with van der Waals surface area (Å²) in [4.78, 5) is 8.09. The van der Waals surface area contributed by atoms with E-state index in [9.17, 15) is 0 Å². The Balaban J connectivity index is 1.90. The van der Waals surface area contributed by atoms with Crippen molar-refractivity contribution in [2.45, 2.75) is 38.4 Å². The van der Waals surface area contributed by atoms with Gasteiger partial charge in [0.25, 0.3) is 0 Å². The molecule has 0 aromatic carbocycles. The van der Waals surface area contributed by atoms with E-state index in [-0.39, 0.29) is 24.3 Å². The van der Waals surface area contributed by atoms with E-state index >= 15 is 0 Å². The van der Waals surface area contributed by atoms with Gasteiger partial charge in [-0.15, -0.1) is 0 Å². The molecule has 6 heteroatoms. The van der Waals surface area contributed by atoms with Crippen LogP contribution in [0, 0.1) is 6.92 Å². The lowest BCUT2D eigenvalue weighted by Gasteiger charge is -2.12. The molecule has 0 bridgehead atoms. The molecule has 0 spiro atoms. The Labute approximate surface area is 94.5 Å². The minimum atomic E-state index is -0.357. The Hall–Kier alpha value is -1.14. The highest BCUT2D eigenvalue weighted by atomic mass is 16.7. The first-order valence-corrected chi connectivity index (χ1v) is 5.38. The van der Waals surface area contributed by atoms with Gasteiger partial charge >= 0.3 is 7.12 Å². The summed E-state index contributed by atoms with van der Waals surface area (Å²) in [6.45, 7) is 6.02. The molecule has 16 heavy (non-hydrogen) atoms. The number of fused-ring (bicyclic) bond motifs is 1. The van der Waals surface area contributed by atoms with Crippen LogP contribution in [-0.4, -0.2) is 28.3 Å². The van der Waals surface area contributed by atoms with Crippen molar-refractivity contribution in [2.75, 3.05) is 5.73 Å². The largest absolute Gasteiger partial charge is 0.498 e. The summed E-state index contributed by atoms with van der Waals surface area (Å²) in [5.74, 6) is 0.279. The molecule has 1 aromatic heterocycles. The van der Waals surface area contributed by atoms with E-state index in [2.05, 4.69) is 23.8 Å². The van der Waals surface area contributed by atoms with Crippen LogP contribution in [0.1, 0.15) is 26.0 Å². The second kappa shape index (κ2) is 2.75. The maximum absolute atomic E-state index is 5.89. The Bertz CT molecular complexity index is 453. The van der Waals surface area contributed by atoms with Crippen molar-refractivity contribution in [1.82, 2.24) is 9.97 Å². The van der Waals surface area contributed by atoms with Crippen molar-refractivity contribution >= 4 is 18.5 Å². The van der Waals surface area contributed by atoms with Crippen molar-refractivity contribution in [3.8, 4) is 0 Å². The van der Waals surface area contributed by atoms with Crippen LogP contribution in [0.3, 0.4) is 0 Å². The number of aromatic nitrogens is 2. The Morgan fingerprint density at radius 1 is 1.38 bits per heavy atom. The first kappa shape index (κ1) is 10.0. The number of nitrogen functional groups attached to an aromatic ring is 1. The molecule has 3 rings (SSSR count). The van der Waals surface area contributed by atoms with Crippen LogP contribution in [0.15, 0.2) is 6.20 Å². The van der Waals surface area contributed by atoms with Gasteiger partial charge in [0.05, 0.1) is 11.2 Å². The summed E-state index contributed by atoms with van der Waals surface area (Å²) >= 11 is 0. The SMILES string of the molecule is Cc1nc(N)ncc1B1OC2(C)CC2(C)O1. The van der Waals surface area contributed by atoms with Gasteiger partial charge in [-0.05, 0) is 20.8 Å². The molecular formula is C10H14BN3O2. The molecule has 1 aliphatic carbocycles. The molecule has 0 radical (unpaired) electrons. The van der Waals surface area contributed by atoms with E-state index in [0.29, 0.717) is 0 Å². The third-order valence-corrected chi connectivity index (χ3v) is 3.69. The van der Waals surface area contributed by atoms with E-state index < -0.39 is 0 Å². The predicted octanol–water partition coefficient (Wildman–Crippen LogP) is 0.0303. The zero-order valence-electron chi connectivity index (χ0n) is 9.65. The molecule has 2 atom stereocenters. The topological polar surface area (TPSA) is 70.3 Å². The van der Waals surface area contributed by atoms with Gasteiger partial charge in [-0.1, -0.05) is 0 Å². The van der Waals surface area contributed by atoms with E-state index in [4.69, 9.17) is 15.0 Å². The molecular weight excluding hydrogens is 205 g/mol. The molecule has 1 saturated heterocycles. The predicted molar refractivity (Wildman–Crippen MR) is 60.2 cm³/mol. The summed E-state index contributed by atoms with van der Waals surface area (Å²) < 4.78 is 11.8. The molecule has 84 valence electrons. The van der Waals surface area contributed by atoms with Gasteiger partial charge in [-0.25, -0.2) is 9.97 Å². The van der Waals surface area contributed by atoms with Crippen LogP contribution in [0.2, 0.25) is 0 Å². The van der Waals surface area contributed by atoms with E-state index in [1.807, 2.05) is 6.92 Å². The number of nitrogens with two attached hydrogens (primary N) is 1. The lowest BCUT2D eigenvalue weighted by atomic mass is 9.79. The van der Waals surface area contributed by atoms with Crippen molar-refractivity contribution in [3.05, 3.63) is 11.9 Å². The summed E-state index contributed by atoms with van der Waals surface area (Å²) in [7, 11) is -0.357. The smallest absolute Gasteiger partial charge is 0.399 e. The zero-order valence-corrected chi connectivity index (χ0v) is 9.65. The summed E-state index contributed by atoms with van der Waals surface area (Å²) in [6.07, 6.45) is 2.63. The Morgan fingerprint density at radius 2 is 2.00 bits per heavy atom. The maximum atomic E-state index is 5.89. The number of hydrogen-bond acceptors (Lipinski definition) is 5. The van der Waals surface area contributed by atoms with E-state index in [1.165, 1.54) is 0 Å².